The molecular formula is C30H26ClFN4O3. The molecule has 3 aromatic carbocycles. The number of alkyl halides is 1. The fourth-order valence-electron chi connectivity index (χ4n) is 5.43. The first kappa shape index (κ1) is 25.1. The number of likely N-dealkylation sites (tertiary alicyclic amines) is 1. The maximum atomic E-state index is 13.5. The predicted octanol–water partition coefficient (Wildman–Crippen LogP) is 5.92. The number of carbonyl (C=O) groups is 2. The molecule has 1 aliphatic heterocycles. The smallest absolute Gasteiger partial charge is 0.254 e. The Labute approximate surface area is 229 Å². The molecule has 0 spiro atoms. The van der Waals surface area contributed by atoms with Gasteiger partial charge in [-0.2, -0.15) is 0 Å². The lowest BCUT2D eigenvalue weighted by atomic mass is 9.96. The van der Waals surface area contributed by atoms with E-state index in [9.17, 15) is 14.0 Å². The van der Waals surface area contributed by atoms with Crippen molar-refractivity contribution in [1.29, 1.82) is 0 Å². The molecule has 2 amide bonds. The van der Waals surface area contributed by atoms with E-state index in [1.807, 2.05) is 62.4 Å². The van der Waals surface area contributed by atoms with Crippen molar-refractivity contribution in [2.45, 2.75) is 26.6 Å². The lowest BCUT2D eigenvalue weighted by Crippen LogP contribution is -2.51. The monoisotopic (exact) mass is 544 g/mol. The van der Waals surface area contributed by atoms with Crippen molar-refractivity contribution in [2.75, 3.05) is 20.1 Å². The summed E-state index contributed by atoms with van der Waals surface area (Å²) in [4.78, 5) is 27.9. The van der Waals surface area contributed by atoms with Crippen molar-refractivity contribution in [3.8, 4) is 11.1 Å². The molecule has 2 aromatic heterocycles. The molecule has 6 rings (SSSR count). The van der Waals surface area contributed by atoms with Crippen molar-refractivity contribution >= 4 is 45.2 Å². The van der Waals surface area contributed by atoms with Gasteiger partial charge in [0.25, 0.3) is 11.8 Å². The number of hydrogen-bond acceptors (Lipinski definition) is 4. The molecule has 0 radical (unpaired) electrons. The average Bonchev–Trinajstić information content (AvgIpc) is 3.42. The zero-order valence-corrected chi connectivity index (χ0v) is 22.5. The van der Waals surface area contributed by atoms with Gasteiger partial charge in [0.1, 0.15) is 11.9 Å². The Balaban J connectivity index is 1.64. The maximum Gasteiger partial charge on any atom is 0.254 e. The Morgan fingerprint density at radius 1 is 1.08 bits per heavy atom. The normalized spacial score (nSPS) is 13.7. The van der Waals surface area contributed by atoms with E-state index in [2.05, 4.69) is 15.0 Å². The quantitative estimate of drug-likeness (QED) is 0.298. The summed E-state index contributed by atoms with van der Waals surface area (Å²) in [5.74, 6) is 0.181. The summed E-state index contributed by atoms with van der Waals surface area (Å²) in [7, 11) is 1.59. The minimum Gasteiger partial charge on any atom is -0.361 e. The van der Waals surface area contributed by atoms with Crippen molar-refractivity contribution < 1.29 is 18.5 Å². The first-order chi connectivity index (χ1) is 18.7. The van der Waals surface area contributed by atoms with Crippen molar-refractivity contribution in [3.05, 3.63) is 87.8 Å². The maximum absolute atomic E-state index is 13.5. The van der Waals surface area contributed by atoms with Gasteiger partial charge in [0.05, 0.1) is 24.3 Å². The minimum atomic E-state index is -0.985. The zero-order chi connectivity index (χ0) is 27.4. The van der Waals surface area contributed by atoms with Crippen molar-refractivity contribution in [3.63, 3.8) is 0 Å². The van der Waals surface area contributed by atoms with E-state index < -0.39 is 6.17 Å². The Morgan fingerprint density at radius 2 is 1.82 bits per heavy atom. The van der Waals surface area contributed by atoms with Crippen molar-refractivity contribution in [2.24, 2.45) is 0 Å². The van der Waals surface area contributed by atoms with E-state index in [4.69, 9.17) is 16.1 Å². The SMILES string of the molecule is CNC(=O)c1cc(-c2c(C)noc2C)cc2c1c1cc(C(=O)N3CC(F)C3)ccc1n2Cc1ccc(Cl)cc1. The first-order valence-electron chi connectivity index (χ1n) is 12.7. The Hall–Kier alpha value is -4.17. The van der Waals surface area contributed by atoms with Gasteiger partial charge in [-0.3, -0.25) is 9.59 Å². The van der Waals surface area contributed by atoms with Crippen LogP contribution in [0, 0.1) is 13.8 Å². The number of aromatic nitrogens is 2. The molecule has 7 nitrogen and oxygen atoms in total. The number of hydrogen-bond donors (Lipinski definition) is 1. The van der Waals surface area contributed by atoms with Gasteiger partial charge in [0, 0.05) is 51.6 Å². The average molecular weight is 545 g/mol. The Morgan fingerprint density at radius 3 is 2.46 bits per heavy atom. The van der Waals surface area contributed by atoms with E-state index in [0.717, 1.165) is 44.2 Å². The number of benzene rings is 3. The van der Waals surface area contributed by atoms with Gasteiger partial charge in [-0.25, -0.2) is 4.39 Å². The Bertz CT molecular complexity index is 1750. The van der Waals surface area contributed by atoms with Crippen LogP contribution >= 0.6 is 11.6 Å². The number of aryl methyl sites for hydroxylation is 2. The molecule has 0 bridgehead atoms. The Kier molecular flexibility index (Phi) is 6.14. The number of amides is 2. The van der Waals surface area contributed by atoms with Gasteiger partial charge in [-0.15, -0.1) is 0 Å². The van der Waals surface area contributed by atoms with Crippen LogP contribution in [-0.2, 0) is 6.54 Å². The van der Waals surface area contributed by atoms with E-state index in [1.54, 1.807) is 13.1 Å². The topological polar surface area (TPSA) is 80.4 Å². The molecule has 1 saturated heterocycles. The zero-order valence-electron chi connectivity index (χ0n) is 21.7. The summed E-state index contributed by atoms with van der Waals surface area (Å²) >= 11 is 6.14. The van der Waals surface area contributed by atoms with Gasteiger partial charge in [0.2, 0.25) is 0 Å². The molecule has 0 aliphatic carbocycles. The summed E-state index contributed by atoms with van der Waals surface area (Å²) in [6.45, 7) is 4.42. The van der Waals surface area contributed by atoms with Crippen molar-refractivity contribution in [1.82, 2.24) is 19.9 Å². The second-order valence-electron chi connectivity index (χ2n) is 9.95. The molecular weight excluding hydrogens is 519 g/mol. The highest BCUT2D eigenvalue weighted by Gasteiger charge is 2.31. The summed E-state index contributed by atoms with van der Waals surface area (Å²) in [6.07, 6.45) is -0.985. The van der Waals surface area contributed by atoms with E-state index in [1.165, 1.54) is 4.90 Å². The standard InChI is InChI=1S/C30H26ClFN4O3/c1-16-27(17(2)39-34-16)20-11-24(29(37)33-3)28-23-10-19(30(38)35-14-22(32)15-35)6-9-25(23)36(26(28)12-20)13-18-4-7-21(31)8-5-18/h4-12,22H,13-15H2,1-3H3,(H,33,37). The minimum absolute atomic E-state index is 0.0967. The van der Waals surface area contributed by atoms with Crippen LogP contribution in [-0.4, -0.2) is 52.7 Å². The summed E-state index contributed by atoms with van der Waals surface area (Å²) in [6, 6.07) is 17.0. The van der Waals surface area contributed by atoms with Crippen LogP contribution in [0.25, 0.3) is 32.9 Å². The number of rotatable bonds is 5. The van der Waals surface area contributed by atoms with E-state index in [0.29, 0.717) is 28.5 Å². The van der Waals surface area contributed by atoms with Crippen LogP contribution in [0.2, 0.25) is 5.02 Å². The number of fused-ring (bicyclic) bond motifs is 3. The third-order valence-electron chi connectivity index (χ3n) is 7.38. The highest BCUT2D eigenvalue weighted by molar-refractivity contribution is 6.30. The van der Waals surface area contributed by atoms with Crippen LogP contribution in [0.15, 0.2) is 59.1 Å². The molecule has 198 valence electrons. The molecule has 0 saturated carbocycles. The lowest BCUT2D eigenvalue weighted by molar-refractivity contribution is 0.0400. The van der Waals surface area contributed by atoms with Gasteiger partial charge in [-0.05, 0) is 67.4 Å². The second-order valence-corrected chi connectivity index (χ2v) is 10.4. The van der Waals surface area contributed by atoms with Crippen LogP contribution in [0.5, 0.6) is 0 Å². The molecule has 1 N–H and O–H groups in total. The van der Waals surface area contributed by atoms with Crippen LogP contribution in [0.3, 0.4) is 0 Å². The molecule has 0 atom stereocenters. The molecule has 1 fully saturated rings. The van der Waals surface area contributed by atoms with Gasteiger partial charge in [-0.1, -0.05) is 28.9 Å². The fraction of sp³-hybridized carbons (Fsp3) is 0.233. The fourth-order valence-corrected chi connectivity index (χ4v) is 5.55. The summed E-state index contributed by atoms with van der Waals surface area (Å²) in [5, 5.41) is 9.02. The molecule has 3 heterocycles. The van der Waals surface area contributed by atoms with Gasteiger partial charge in [0.15, 0.2) is 0 Å². The van der Waals surface area contributed by atoms with E-state index in [-0.39, 0.29) is 24.9 Å². The number of halogens is 2. The summed E-state index contributed by atoms with van der Waals surface area (Å²) in [5.41, 5.74) is 6.02. The van der Waals surface area contributed by atoms with Gasteiger partial charge >= 0.3 is 0 Å². The second kappa shape index (κ2) is 9.54. The molecule has 5 aromatic rings. The molecule has 1 aliphatic rings. The first-order valence-corrected chi connectivity index (χ1v) is 13.1. The lowest BCUT2D eigenvalue weighted by Gasteiger charge is -2.34. The van der Waals surface area contributed by atoms with E-state index >= 15 is 0 Å². The molecule has 9 heteroatoms. The number of nitrogens with zero attached hydrogens (tertiary/aromatic N) is 3. The predicted molar refractivity (Wildman–Crippen MR) is 149 cm³/mol. The third-order valence-corrected chi connectivity index (χ3v) is 7.64. The number of nitrogens with one attached hydrogen (secondary N) is 1. The third kappa shape index (κ3) is 4.25. The van der Waals surface area contributed by atoms with Crippen LogP contribution in [0.4, 0.5) is 4.39 Å². The van der Waals surface area contributed by atoms with Gasteiger partial charge < -0.3 is 19.3 Å². The summed E-state index contributed by atoms with van der Waals surface area (Å²) < 4.78 is 21.0. The highest BCUT2D eigenvalue weighted by Crippen LogP contribution is 2.38. The van der Waals surface area contributed by atoms with Crippen LogP contribution in [0.1, 0.15) is 37.7 Å². The highest BCUT2D eigenvalue weighted by atomic mass is 35.5. The largest absolute Gasteiger partial charge is 0.361 e. The number of carbonyl (C=O) groups excluding carboxylic acids is 2. The van der Waals surface area contributed by atoms with Crippen LogP contribution < -0.4 is 5.32 Å². The molecule has 39 heavy (non-hydrogen) atoms. The molecule has 0 unspecified atom stereocenters.